The summed E-state index contributed by atoms with van der Waals surface area (Å²) in [5.41, 5.74) is 0.751. The predicted octanol–water partition coefficient (Wildman–Crippen LogP) is 3.11. The number of hydrogen-bond acceptors (Lipinski definition) is 4. The molecule has 0 aromatic heterocycles. The Bertz CT molecular complexity index is 469. The van der Waals surface area contributed by atoms with E-state index in [-0.39, 0.29) is 0 Å². The molecule has 6 heteroatoms. The van der Waals surface area contributed by atoms with Crippen molar-refractivity contribution in [3.63, 3.8) is 0 Å². The first-order valence-electron chi connectivity index (χ1n) is 11.0. The number of ether oxygens (including phenoxy) is 1. The molecule has 1 aliphatic heterocycles. The molecule has 0 atom stereocenters. The summed E-state index contributed by atoms with van der Waals surface area (Å²) in [6.45, 7) is 5.41. The molecule has 2 saturated carbocycles. The topological polar surface area (TPSA) is 48.9 Å². The van der Waals surface area contributed by atoms with E-state index in [1.807, 2.05) is 14.2 Å². The van der Waals surface area contributed by atoms with Crippen LogP contribution in [-0.4, -0.2) is 74.8 Å². The summed E-state index contributed by atoms with van der Waals surface area (Å²) in [7, 11) is 3.71. The van der Waals surface area contributed by atoms with Crippen molar-refractivity contribution < 1.29 is 4.74 Å². The smallest absolute Gasteiger partial charge is 0.191 e. The number of aliphatic imine (C=N–C) groups is 1. The molecule has 2 aliphatic carbocycles. The van der Waals surface area contributed by atoms with E-state index in [0.717, 1.165) is 32.1 Å². The van der Waals surface area contributed by atoms with Crippen molar-refractivity contribution in [3.8, 4) is 0 Å². The van der Waals surface area contributed by atoms with E-state index in [4.69, 9.17) is 4.74 Å². The van der Waals surface area contributed by atoms with Crippen LogP contribution in [0.5, 0.6) is 0 Å². The molecule has 3 aliphatic rings. The average Bonchev–Trinajstić information content (AvgIpc) is 2.70. The highest BCUT2D eigenvalue weighted by molar-refractivity contribution is 7.99. The summed E-state index contributed by atoms with van der Waals surface area (Å²) in [5, 5.41) is 7.35. The number of hydrogen-bond donors (Lipinski definition) is 2. The monoisotopic (exact) mass is 396 g/mol. The van der Waals surface area contributed by atoms with Crippen molar-refractivity contribution >= 4 is 17.7 Å². The van der Waals surface area contributed by atoms with E-state index < -0.39 is 0 Å². The first-order valence-corrected chi connectivity index (χ1v) is 12.1. The van der Waals surface area contributed by atoms with E-state index in [2.05, 4.69) is 32.3 Å². The molecule has 2 N–H and O–H groups in total. The molecule has 1 heterocycles. The van der Waals surface area contributed by atoms with Crippen LogP contribution in [0.4, 0.5) is 0 Å². The van der Waals surface area contributed by atoms with Crippen LogP contribution in [0.15, 0.2) is 4.99 Å². The maximum Gasteiger partial charge on any atom is 0.191 e. The molecule has 3 rings (SSSR count). The summed E-state index contributed by atoms with van der Waals surface area (Å²) >= 11 is 2.11. The maximum atomic E-state index is 5.33. The first kappa shape index (κ1) is 21.3. The van der Waals surface area contributed by atoms with Crippen molar-refractivity contribution in [2.45, 2.75) is 63.3 Å². The van der Waals surface area contributed by atoms with Gasteiger partial charge < -0.3 is 15.4 Å². The van der Waals surface area contributed by atoms with Crippen molar-refractivity contribution in [1.29, 1.82) is 0 Å². The fraction of sp³-hybridized carbons (Fsp3) is 0.952. The lowest BCUT2D eigenvalue weighted by molar-refractivity contribution is 0.0617. The fourth-order valence-corrected chi connectivity index (χ4v) is 6.01. The zero-order chi connectivity index (χ0) is 19.0. The van der Waals surface area contributed by atoms with Crippen LogP contribution in [0.2, 0.25) is 0 Å². The highest BCUT2D eigenvalue weighted by Crippen LogP contribution is 2.43. The normalized spacial score (nSPS) is 25.6. The Morgan fingerprint density at radius 1 is 1.00 bits per heavy atom. The van der Waals surface area contributed by atoms with Gasteiger partial charge in [0.2, 0.25) is 0 Å². The lowest BCUT2D eigenvalue weighted by Gasteiger charge is -2.48. The number of rotatable bonds is 8. The third-order valence-corrected chi connectivity index (χ3v) is 8.10. The van der Waals surface area contributed by atoms with Crippen molar-refractivity contribution in [1.82, 2.24) is 15.5 Å². The van der Waals surface area contributed by atoms with E-state index in [1.165, 1.54) is 76.0 Å². The van der Waals surface area contributed by atoms with E-state index >= 15 is 0 Å². The average molecular weight is 397 g/mol. The molecule has 0 radical (unpaired) electrons. The highest BCUT2D eigenvalue weighted by Gasteiger charge is 2.39. The second kappa shape index (κ2) is 10.4. The van der Waals surface area contributed by atoms with Crippen LogP contribution >= 0.6 is 11.8 Å². The van der Waals surface area contributed by atoms with Gasteiger partial charge in [-0.2, -0.15) is 11.8 Å². The molecule has 0 aromatic carbocycles. The zero-order valence-electron chi connectivity index (χ0n) is 17.5. The molecule has 1 saturated heterocycles. The summed E-state index contributed by atoms with van der Waals surface area (Å²) in [5.74, 6) is 3.56. The van der Waals surface area contributed by atoms with E-state index in [1.54, 1.807) is 0 Å². The molecule has 0 amide bonds. The summed E-state index contributed by atoms with van der Waals surface area (Å²) in [6.07, 6.45) is 12.0. The predicted molar refractivity (Wildman–Crippen MR) is 117 cm³/mol. The zero-order valence-corrected chi connectivity index (χ0v) is 18.3. The van der Waals surface area contributed by atoms with Crippen LogP contribution in [0.1, 0.15) is 57.8 Å². The second-order valence-corrected chi connectivity index (χ2v) is 9.98. The quantitative estimate of drug-likeness (QED) is 0.488. The van der Waals surface area contributed by atoms with Gasteiger partial charge in [-0.15, -0.1) is 0 Å². The van der Waals surface area contributed by atoms with Crippen LogP contribution < -0.4 is 10.6 Å². The minimum absolute atomic E-state index is 0.334. The fourth-order valence-electron chi connectivity index (χ4n) is 5.10. The number of thioether (sulfide) groups is 1. The Labute approximate surface area is 170 Å². The summed E-state index contributed by atoms with van der Waals surface area (Å²) in [4.78, 5) is 7.32. The van der Waals surface area contributed by atoms with Gasteiger partial charge in [-0.1, -0.05) is 25.7 Å². The first-order chi connectivity index (χ1) is 13.2. The molecule has 0 aromatic rings. The number of nitrogens with one attached hydrogen (secondary N) is 2. The van der Waals surface area contributed by atoms with Crippen molar-refractivity contribution in [2.75, 3.05) is 58.4 Å². The van der Waals surface area contributed by atoms with Gasteiger partial charge in [0.25, 0.3) is 0 Å². The number of nitrogens with zero attached hydrogens (tertiary/aromatic N) is 2. The lowest BCUT2D eigenvalue weighted by atomic mass is 9.67. The molecular formula is C21H40N4OS. The molecule has 0 bridgehead atoms. The van der Waals surface area contributed by atoms with Gasteiger partial charge in [-0.25, -0.2) is 0 Å². The highest BCUT2D eigenvalue weighted by atomic mass is 32.2. The number of methoxy groups -OCH3 is 1. The van der Waals surface area contributed by atoms with Gasteiger partial charge in [-0.3, -0.25) is 9.89 Å². The van der Waals surface area contributed by atoms with Gasteiger partial charge in [0.1, 0.15) is 0 Å². The molecule has 0 spiro atoms. The van der Waals surface area contributed by atoms with Crippen LogP contribution in [0.25, 0.3) is 0 Å². The Morgan fingerprint density at radius 3 is 2.30 bits per heavy atom. The Hall–Kier alpha value is -0.460. The molecule has 27 heavy (non-hydrogen) atoms. The van der Waals surface area contributed by atoms with Gasteiger partial charge >= 0.3 is 0 Å². The maximum absolute atomic E-state index is 5.33. The molecule has 0 unspecified atom stereocenters. The van der Waals surface area contributed by atoms with Crippen molar-refractivity contribution in [2.24, 2.45) is 10.4 Å². The largest absolute Gasteiger partial charge is 0.385 e. The molecule has 5 nitrogen and oxygen atoms in total. The van der Waals surface area contributed by atoms with Gasteiger partial charge in [0.05, 0.1) is 0 Å². The summed E-state index contributed by atoms with van der Waals surface area (Å²) < 4.78 is 5.33. The minimum atomic E-state index is 0.334. The van der Waals surface area contributed by atoms with Gasteiger partial charge in [-0.05, 0) is 37.5 Å². The molecule has 156 valence electrons. The van der Waals surface area contributed by atoms with Crippen LogP contribution in [0.3, 0.4) is 0 Å². The Morgan fingerprint density at radius 2 is 1.70 bits per heavy atom. The second-order valence-electron chi connectivity index (χ2n) is 8.76. The Kier molecular flexibility index (Phi) is 8.15. The van der Waals surface area contributed by atoms with Crippen LogP contribution in [0, 0.1) is 5.41 Å². The van der Waals surface area contributed by atoms with Gasteiger partial charge in [0, 0.05) is 64.0 Å². The minimum Gasteiger partial charge on any atom is -0.385 e. The molecular weight excluding hydrogens is 356 g/mol. The van der Waals surface area contributed by atoms with Crippen molar-refractivity contribution in [3.05, 3.63) is 0 Å². The van der Waals surface area contributed by atoms with Crippen LogP contribution in [-0.2, 0) is 4.74 Å². The standard InChI is InChI=1S/C21H40N4OS/c1-22-19(23-17-20(7-6-8-20)11-14-26-2)24-18-21(9-4-3-5-10-21)25-12-15-27-16-13-25/h3-18H2,1-2H3,(H2,22,23,24). The molecule has 3 fully saturated rings. The SMILES string of the molecule is CN=C(NCC1(CCOC)CCC1)NCC1(N2CCSCC2)CCCCC1. The Balaban J connectivity index is 1.53. The van der Waals surface area contributed by atoms with E-state index in [9.17, 15) is 0 Å². The number of guanidine groups is 1. The third kappa shape index (κ3) is 5.54. The van der Waals surface area contributed by atoms with E-state index in [0.29, 0.717) is 11.0 Å². The van der Waals surface area contributed by atoms with Gasteiger partial charge in [0.15, 0.2) is 5.96 Å². The lowest BCUT2D eigenvalue weighted by Crippen LogP contribution is -2.60. The third-order valence-electron chi connectivity index (χ3n) is 7.16. The summed E-state index contributed by atoms with van der Waals surface area (Å²) in [6, 6.07) is 0.